The van der Waals surface area contributed by atoms with Gasteiger partial charge in [-0.15, -0.1) is 0 Å². The van der Waals surface area contributed by atoms with Crippen molar-refractivity contribution in [3.05, 3.63) is 35.4 Å². The highest BCUT2D eigenvalue weighted by Gasteiger charge is 2.38. The van der Waals surface area contributed by atoms with E-state index in [-0.39, 0.29) is 11.3 Å². The first kappa shape index (κ1) is 14.1. The van der Waals surface area contributed by atoms with Gasteiger partial charge in [-0.3, -0.25) is 4.79 Å². The third-order valence-electron chi connectivity index (χ3n) is 4.30. The Kier molecular flexibility index (Phi) is 4.25. The molecule has 2 rings (SSSR count). The number of hydrogen-bond acceptors (Lipinski definition) is 2. The smallest absolute Gasteiger partial charge is 0.230 e. The van der Waals surface area contributed by atoms with Crippen LogP contribution >= 0.6 is 0 Å². The molecule has 0 saturated carbocycles. The summed E-state index contributed by atoms with van der Waals surface area (Å²) in [7, 11) is 1.91. The summed E-state index contributed by atoms with van der Waals surface area (Å²) >= 11 is 0. The summed E-state index contributed by atoms with van der Waals surface area (Å²) in [6.45, 7) is 4.81. The van der Waals surface area contributed by atoms with Crippen LogP contribution in [0.25, 0.3) is 0 Å². The third kappa shape index (κ3) is 2.81. The lowest BCUT2D eigenvalue weighted by molar-refractivity contribution is -0.126. The number of carbonyl (C=O) groups is 1. The van der Waals surface area contributed by atoms with Crippen LogP contribution in [0.4, 0.5) is 0 Å². The van der Waals surface area contributed by atoms with Crippen LogP contribution in [-0.4, -0.2) is 25.5 Å². The van der Waals surface area contributed by atoms with Gasteiger partial charge < -0.3 is 10.6 Å². The number of fused-ring (bicyclic) bond motifs is 1. The van der Waals surface area contributed by atoms with Crippen molar-refractivity contribution in [1.29, 1.82) is 0 Å². The van der Waals surface area contributed by atoms with Crippen molar-refractivity contribution in [3.8, 4) is 0 Å². The minimum Gasteiger partial charge on any atom is -0.354 e. The molecule has 1 amide bonds. The van der Waals surface area contributed by atoms with E-state index in [1.807, 2.05) is 13.1 Å². The van der Waals surface area contributed by atoms with Gasteiger partial charge in [0.1, 0.15) is 0 Å². The van der Waals surface area contributed by atoms with E-state index in [4.69, 9.17) is 0 Å². The molecule has 2 unspecified atom stereocenters. The fourth-order valence-electron chi connectivity index (χ4n) is 2.82. The number of amides is 1. The maximum Gasteiger partial charge on any atom is 0.230 e. The Morgan fingerprint density at radius 1 is 1.42 bits per heavy atom. The van der Waals surface area contributed by atoms with Gasteiger partial charge in [-0.25, -0.2) is 0 Å². The topological polar surface area (TPSA) is 41.1 Å². The van der Waals surface area contributed by atoms with E-state index in [9.17, 15) is 4.79 Å². The van der Waals surface area contributed by atoms with Crippen molar-refractivity contribution in [2.24, 2.45) is 0 Å². The standard InChI is InChI=1S/C16H24N2O/c1-12(17-3)11-18-15(19)16(2)10-6-8-13-7-4-5-9-14(13)16/h4-5,7,9,12,17H,6,8,10-11H2,1-3H3,(H,18,19). The number of nitrogens with one attached hydrogen (secondary N) is 2. The predicted molar refractivity (Wildman–Crippen MR) is 78.3 cm³/mol. The van der Waals surface area contributed by atoms with Crippen molar-refractivity contribution in [3.63, 3.8) is 0 Å². The second kappa shape index (κ2) is 5.74. The molecule has 0 aliphatic heterocycles. The lowest BCUT2D eigenvalue weighted by Crippen LogP contribution is -2.47. The number of carbonyl (C=O) groups excluding carboxylic acids is 1. The third-order valence-corrected chi connectivity index (χ3v) is 4.30. The molecule has 19 heavy (non-hydrogen) atoms. The van der Waals surface area contributed by atoms with Gasteiger partial charge >= 0.3 is 0 Å². The van der Waals surface area contributed by atoms with Crippen LogP contribution in [0.15, 0.2) is 24.3 Å². The van der Waals surface area contributed by atoms with Gasteiger partial charge in [0, 0.05) is 12.6 Å². The molecule has 0 bridgehead atoms. The van der Waals surface area contributed by atoms with E-state index in [0.717, 1.165) is 19.3 Å². The summed E-state index contributed by atoms with van der Waals surface area (Å²) in [6, 6.07) is 8.65. The average molecular weight is 260 g/mol. The minimum absolute atomic E-state index is 0.154. The molecule has 0 fully saturated rings. The Bertz CT molecular complexity index is 458. The molecule has 2 atom stereocenters. The van der Waals surface area contributed by atoms with Gasteiger partial charge in [0.15, 0.2) is 0 Å². The predicted octanol–water partition coefficient (Wildman–Crippen LogP) is 2.00. The molecule has 0 spiro atoms. The van der Waals surface area contributed by atoms with Crippen molar-refractivity contribution in [2.45, 2.75) is 44.6 Å². The van der Waals surface area contributed by atoms with Crippen LogP contribution in [0.2, 0.25) is 0 Å². The van der Waals surface area contributed by atoms with Gasteiger partial charge in [0.25, 0.3) is 0 Å². The van der Waals surface area contributed by atoms with E-state index in [0.29, 0.717) is 12.6 Å². The first-order chi connectivity index (χ1) is 9.08. The Hall–Kier alpha value is -1.35. The molecule has 3 nitrogen and oxygen atoms in total. The van der Waals surface area contributed by atoms with E-state index in [1.165, 1.54) is 11.1 Å². The molecule has 2 N–H and O–H groups in total. The summed E-state index contributed by atoms with van der Waals surface area (Å²) in [5.41, 5.74) is 2.16. The van der Waals surface area contributed by atoms with Crippen LogP contribution in [0.5, 0.6) is 0 Å². The highest BCUT2D eigenvalue weighted by atomic mass is 16.2. The Morgan fingerprint density at radius 3 is 2.89 bits per heavy atom. The molecule has 0 aromatic heterocycles. The zero-order valence-electron chi connectivity index (χ0n) is 12.1. The Labute approximate surface area is 115 Å². The van der Waals surface area contributed by atoms with Gasteiger partial charge in [-0.1, -0.05) is 24.3 Å². The maximum absolute atomic E-state index is 12.6. The summed E-state index contributed by atoms with van der Waals surface area (Å²) in [5, 5.41) is 6.22. The molecule has 1 aliphatic rings. The SMILES string of the molecule is CNC(C)CNC(=O)C1(C)CCCc2ccccc21. The van der Waals surface area contributed by atoms with Crippen molar-refractivity contribution in [2.75, 3.05) is 13.6 Å². The van der Waals surface area contributed by atoms with Crippen molar-refractivity contribution in [1.82, 2.24) is 10.6 Å². The van der Waals surface area contributed by atoms with Crippen LogP contribution in [0.3, 0.4) is 0 Å². The highest BCUT2D eigenvalue weighted by molar-refractivity contribution is 5.88. The molecule has 0 radical (unpaired) electrons. The molecule has 1 aromatic carbocycles. The second-order valence-electron chi connectivity index (χ2n) is 5.74. The fourth-order valence-corrected chi connectivity index (χ4v) is 2.82. The first-order valence-electron chi connectivity index (χ1n) is 7.12. The van der Waals surface area contributed by atoms with Crippen LogP contribution in [0, 0.1) is 0 Å². The van der Waals surface area contributed by atoms with E-state index < -0.39 is 0 Å². The monoisotopic (exact) mass is 260 g/mol. The number of likely N-dealkylation sites (N-methyl/N-ethyl adjacent to an activating group) is 1. The van der Waals surface area contributed by atoms with E-state index in [1.54, 1.807) is 0 Å². The molecular formula is C16H24N2O. The number of aryl methyl sites for hydroxylation is 1. The van der Waals surface area contributed by atoms with Gasteiger partial charge in [-0.2, -0.15) is 0 Å². The van der Waals surface area contributed by atoms with Crippen molar-refractivity contribution < 1.29 is 4.79 Å². The van der Waals surface area contributed by atoms with Crippen LogP contribution in [0.1, 0.15) is 37.8 Å². The van der Waals surface area contributed by atoms with Gasteiger partial charge in [0.05, 0.1) is 5.41 Å². The lowest BCUT2D eigenvalue weighted by atomic mass is 9.70. The quantitative estimate of drug-likeness (QED) is 0.869. The van der Waals surface area contributed by atoms with Crippen LogP contribution < -0.4 is 10.6 Å². The summed E-state index contributed by atoms with van der Waals surface area (Å²) in [5.74, 6) is 0.154. The molecule has 1 aliphatic carbocycles. The summed E-state index contributed by atoms with van der Waals surface area (Å²) < 4.78 is 0. The minimum atomic E-state index is -0.373. The zero-order valence-corrected chi connectivity index (χ0v) is 12.1. The number of rotatable bonds is 4. The lowest BCUT2D eigenvalue weighted by Gasteiger charge is -2.35. The number of benzene rings is 1. The Balaban J connectivity index is 2.17. The average Bonchev–Trinajstić information content (AvgIpc) is 2.44. The summed E-state index contributed by atoms with van der Waals surface area (Å²) in [6.07, 6.45) is 3.11. The normalized spacial score (nSPS) is 23.5. The molecule has 104 valence electrons. The maximum atomic E-state index is 12.6. The van der Waals surface area contributed by atoms with Gasteiger partial charge in [0.2, 0.25) is 5.91 Å². The zero-order chi connectivity index (χ0) is 13.9. The van der Waals surface area contributed by atoms with Crippen LogP contribution in [-0.2, 0) is 16.6 Å². The van der Waals surface area contributed by atoms with E-state index >= 15 is 0 Å². The van der Waals surface area contributed by atoms with E-state index in [2.05, 4.69) is 42.7 Å². The number of hydrogen-bond donors (Lipinski definition) is 2. The largest absolute Gasteiger partial charge is 0.354 e. The molecule has 3 heteroatoms. The highest BCUT2D eigenvalue weighted by Crippen LogP contribution is 2.37. The summed E-state index contributed by atoms with van der Waals surface area (Å²) in [4.78, 5) is 12.6. The second-order valence-corrected chi connectivity index (χ2v) is 5.74. The molecule has 1 aromatic rings. The first-order valence-corrected chi connectivity index (χ1v) is 7.12. The molecular weight excluding hydrogens is 236 g/mol. The fraction of sp³-hybridized carbons (Fsp3) is 0.562. The molecule has 0 saturated heterocycles. The Morgan fingerprint density at radius 2 is 2.16 bits per heavy atom. The van der Waals surface area contributed by atoms with Gasteiger partial charge in [-0.05, 0) is 51.3 Å². The molecule has 0 heterocycles. The van der Waals surface area contributed by atoms with Crippen molar-refractivity contribution >= 4 is 5.91 Å².